The number of hydrogen-bond acceptors (Lipinski definition) is 4. The Hall–Kier alpha value is -0.900. The highest BCUT2D eigenvalue weighted by atomic mass is 32.2. The van der Waals surface area contributed by atoms with Gasteiger partial charge in [0.25, 0.3) is 0 Å². The fourth-order valence-corrected chi connectivity index (χ4v) is 3.48. The minimum Gasteiger partial charge on any atom is -0.396 e. The van der Waals surface area contributed by atoms with Crippen LogP contribution in [0, 0.1) is 6.92 Å². The van der Waals surface area contributed by atoms with Crippen LogP contribution in [-0.2, 0) is 0 Å². The lowest BCUT2D eigenvalue weighted by Gasteiger charge is -2.15. The molecule has 1 aliphatic carbocycles. The molecular formula is C13H21N3S. The van der Waals surface area contributed by atoms with Gasteiger partial charge in [-0.2, -0.15) is 11.8 Å². The Balaban J connectivity index is 1.95. The van der Waals surface area contributed by atoms with Gasteiger partial charge in [-0.3, -0.25) is 0 Å². The van der Waals surface area contributed by atoms with Crippen LogP contribution >= 0.6 is 11.8 Å². The van der Waals surface area contributed by atoms with Crippen LogP contribution in [0.3, 0.4) is 0 Å². The Labute approximate surface area is 108 Å². The monoisotopic (exact) mass is 251 g/mol. The number of nitrogens with two attached hydrogens (primary N) is 1. The fourth-order valence-electron chi connectivity index (χ4n) is 2.33. The molecule has 3 N–H and O–H groups in total. The Kier molecular flexibility index (Phi) is 4.15. The van der Waals surface area contributed by atoms with Crippen molar-refractivity contribution in [1.82, 2.24) is 4.98 Å². The molecule has 0 amide bonds. The minimum absolute atomic E-state index is 0.538. The molecule has 0 saturated heterocycles. The van der Waals surface area contributed by atoms with Gasteiger partial charge in [0.2, 0.25) is 0 Å². The Morgan fingerprint density at radius 3 is 3.06 bits per heavy atom. The number of anilines is 2. The maximum atomic E-state index is 5.93. The van der Waals surface area contributed by atoms with Gasteiger partial charge in [-0.15, -0.1) is 0 Å². The fraction of sp³-hybridized carbons (Fsp3) is 0.615. The summed E-state index contributed by atoms with van der Waals surface area (Å²) >= 11 is 2.07. The molecule has 1 aliphatic rings. The molecule has 0 radical (unpaired) electrons. The molecule has 3 nitrogen and oxygen atoms in total. The van der Waals surface area contributed by atoms with Crippen LogP contribution in [0.5, 0.6) is 0 Å². The molecule has 1 aromatic rings. The molecule has 0 bridgehead atoms. The summed E-state index contributed by atoms with van der Waals surface area (Å²) in [5.41, 5.74) is 7.70. The van der Waals surface area contributed by atoms with Crippen LogP contribution in [0.1, 0.15) is 31.9 Å². The van der Waals surface area contributed by atoms with Crippen LogP contribution in [0.4, 0.5) is 11.5 Å². The Morgan fingerprint density at radius 1 is 1.47 bits per heavy atom. The minimum atomic E-state index is 0.538. The summed E-state index contributed by atoms with van der Waals surface area (Å²) in [4.78, 5) is 4.46. The third-order valence-electron chi connectivity index (χ3n) is 3.19. The van der Waals surface area contributed by atoms with Gasteiger partial charge >= 0.3 is 0 Å². The van der Waals surface area contributed by atoms with Crippen LogP contribution in [0.15, 0.2) is 12.1 Å². The number of aromatic nitrogens is 1. The van der Waals surface area contributed by atoms with E-state index < -0.39 is 0 Å². The van der Waals surface area contributed by atoms with Crippen LogP contribution in [0.25, 0.3) is 0 Å². The summed E-state index contributed by atoms with van der Waals surface area (Å²) in [6, 6.07) is 4.42. The first-order chi connectivity index (χ1) is 8.19. The molecule has 1 aromatic heterocycles. The van der Waals surface area contributed by atoms with Crippen LogP contribution in [0.2, 0.25) is 0 Å². The maximum absolute atomic E-state index is 5.93. The second-order valence-corrected chi connectivity index (χ2v) is 6.20. The number of nitrogens with one attached hydrogen (secondary N) is 1. The summed E-state index contributed by atoms with van der Waals surface area (Å²) in [6.45, 7) is 4.22. The number of nitrogens with zero attached hydrogens (tertiary/aromatic N) is 1. The number of pyridine rings is 1. The van der Waals surface area contributed by atoms with Gasteiger partial charge in [0, 0.05) is 17.0 Å². The second kappa shape index (κ2) is 5.63. The number of hydrogen-bond donors (Lipinski definition) is 2. The average molecular weight is 251 g/mol. The zero-order chi connectivity index (χ0) is 12.3. The van der Waals surface area contributed by atoms with E-state index in [1.807, 2.05) is 19.1 Å². The normalized spacial score (nSPS) is 23.9. The topological polar surface area (TPSA) is 50.9 Å². The van der Waals surface area contributed by atoms with Crippen molar-refractivity contribution in [2.24, 2.45) is 0 Å². The molecular weight excluding hydrogens is 230 g/mol. The van der Waals surface area contributed by atoms with Crippen molar-refractivity contribution >= 4 is 23.3 Å². The highest BCUT2D eigenvalue weighted by molar-refractivity contribution is 7.99. The van der Waals surface area contributed by atoms with Crippen molar-refractivity contribution in [3.8, 4) is 0 Å². The lowest BCUT2D eigenvalue weighted by molar-refractivity contribution is 0.752. The largest absolute Gasteiger partial charge is 0.396 e. The molecule has 0 aliphatic heterocycles. The van der Waals surface area contributed by atoms with Gasteiger partial charge < -0.3 is 11.1 Å². The molecule has 2 unspecified atom stereocenters. The van der Waals surface area contributed by atoms with E-state index in [-0.39, 0.29) is 0 Å². The zero-order valence-corrected chi connectivity index (χ0v) is 11.4. The molecule has 17 heavy (non-hydrogen) atoms. The Bertz CT molecular complexity index is 381. The highest BCUT2D eigenvalue weighted by Gasteiger charge is 2.24. The van der Waals surface area contributed by atoms with Gasteiger partial charge in [-0.25, -0.2) is 4.98 Å². The SMILES string of the molecule is CCSC1CCC(Nc2nc(C)ccc2N)C1. The standard InChI is InChI=1S/C13H21N3S/c1-3-17-11-6-5-10(8-11)16-13-12(14)7-4-9(2)15-13/h4,7,10-11H,3,5-6,8,14H2,1-2H3,(H,15,16). The number of thioether (sulfide) groups is 1. The smallest absolute Gasteiger partial charge is 0.149 e. The average Bonchev–Trinajstić information content (AvgIpc) is 2.72. The third-order valence-corrected chi connectivity index (χ3v) is 4.43. The second-order valence-electron chi connectivity index (χ2n) is 4.62. The van der Waals surface area contributed by atoms with Crippen molar-refractivity contribution < 1.29 is 0 Å². The van der Waals surface area contributed by atoms with Crippen molar-refractivity contribution in [2.45, 2.75) is 44.4 Å². The number of aryl methyl sites for hydroxylation is 1. The van der Waals surface area contributed by atoms with Crippen molar-refractivity contribution in [1.29, 1.82) is 0 Å². The first kappa shape index (κ1) is 12.6. The van der Waals surface area contributed by atoms with Gasteiger partial charge in [0.15, 0.2) is 0 Å². The van der Waals surface area contributed by atoms with E-state index in [1.165, 1.54) is 25.0 Å². The van der Waals surface area contributed by atoms with Crippen molar-refractivity contribution in [3.63, 3.8) is 0 Å². The lowest BCUT2D eigenvalue weighted by Crippen LogP contribution is -2.18. The summed E-state index contributed by atoms with van der Waals surface area (Å²) in [7, 11) is 0. The maximum Gasteiger partial charge on any atom is 0.149 e. The van der Waals surface area contributed by atoms with E-state index in [4.69, 9.17) is 5.73 Å². The first-order valence-corrected chi connectivity index (χ1v) is 7.35. The van der Waals surface area contributed by atoms with Gasteiger partial charge in [-0.05, 0) is 44.1 Å². The highest BCUT2D eigenvalue weighted by Crippen LogP contribution is 2.32. The van der Waals surface area contributed by atoms with E-state index in [2.05, 4.69) is 29.0 Å². The van der Waals surface area contributed by atoms with Crippen molar-refractivity contribution in [2.75, 3.05) is 16.8 Å². The molecule has 0 spiro atoms. The Morgan fingerprint density at radius 2 is 2.29 bits per heavy atom. The first-order valence-electron chi connectivity index (χ1n) is 6.30. The van der Waals surface area contributed by atoms with E-state index in [0.29, 0.717) is 6.04 Å². The van der Waals surface area contributed by atoms with E-state index in [1.54, 1.807) is 0 Å². The van der Waals surface area contributed by atoms with Gasteiger partial charge in [-0.1, -0.05) is 6.92 Å². The van der Waals surface area contributed by atoms with Crippen LogP contribution in [-0.4, -0.2) is 22.0 Å². The van der Waals surface area contributed by atoms with Gasteiger partial charge in [0.05, 0.1) is 5.69 Å². The summed E-state index contributed by atoms with van der Waals surface area (Å²) < 4.78 is 0. The summed E-state index contributed by atoms with van der Waals surface area (Å²) in [5.74, 6) is 2.07. The predicted molar refractivity (Wildman–Crippen MR) is 76.6 cm³/mol. The quantitative estimate of drug-likeness (QED) is 0.863. The van der Waals surface area contributed by atoms with Crippen molar-refractivity contribution in [3.05, 3.63) is 17.8 Å². The molecule has 1 heterocycles. The molecule has 4 heteroatoms. The summed E-state index contributed by atoms with van der Waals surface area (Å²) in [5, 5.41) is 4.30. The van der Waals surface area contributed by atoms with E-state index in [9.17, 15) is 0 Å². The lowest BCUT2D eigenvalue weighted by atomic mass is 10.2. The molecule has 1 saturated carbocycles. The number of nitrogen functional groups attached to an aromatic ring is 1. The zero-order valence-electron chi connectivity index (χ0n) is 10.6. The molecule has 2 rings (SSSR count). The van der Waals surface area contributed by atoms with E-state index in [0.717, 1.165) is 22.4 Å². The predicted octanol–water partition coefficient (Wildman–Crippen LogP) is 3.06. The van der Waals surface area contributed by atoms with E-state index >= 15 is 0 Å². The number of rotatable bonds is 4. The molecule has 1 fully saturated rings. The van der Waals surface area contributed by atoms with Crippen LogP contribution < -0.4 is 11.1 Å². The molecule has 2 atom stereocenters. The third kappa shape index (κ3) is 3.28. The molecule has 94 valence electrons. The molecule has 0 aromatic carbocycles. The summed E-state index contributed by atoms with van der Waals surface area (Å²) in [6.07, 6.45) is 3.77. The van der Waals surface area contributed by atoms with Gasteiger partial charge in [0.1, 0.15) is 5.82 Å².